The minimum atomic E-state index is -1.05. The number of rotatable bonds is 5. The molecular formula is C19H20FN3O2. The molecule has 0 unspecified atom stereocenters. The molecule has 0 aliphatic heterocycles. The number of nitrogens with zero attached hydrogens (tertiary/aromatic N) is 1. The molecule has 0 bridgehead atoms. The highest BCUT2D eigenvalue weighted by molar-refractivity contribution is 6.16. The highest BCUT2D eigenvalue weighted by Gasteiger charge is 2.56. The molecule has 2 aromatic carbocycles. The van der Waals surface area contributed by atoms with Gasteiger partial charge < -0.3 is 15.5 Å². The number of benzene rings is 2. The smallest absolute Gasteiger partial charge is 0.240 e. The summed E-state index contributed by atoms with van der Waals surface area (Å²) >= 11 is 0. The fourth-order valence-corrected chi connectivity index (χ4v) is 2.56. The molecule has 1 aliphatic rings. The number of carbonyl (C=O) groups is 2. The van der Waals surface area contributed by atoms with Crippen LogP contribution in [0, 0.1) is 11.2 Å². The van der Waals surface area contributed by atoms with Crippen LogP contribution in [-0.4, -0.2) is 25.9 Å². The molecule has 6 heteroatoms. The molecule has 25 heavy (non-hydrogen) atoms. The Balaban J connectivity index is 1.66. The summed E-state index contributed by atoms with van der Waals surface area (Å²) in [4.78, 5) is 27.0. The van der Waals surface area contributed by atoms with Crippen LogP contribution in [0.25, 0.3) is 0 Å². The molecule has 2 N–H and O–H groups in total. The van der Waals surface area contributed by atoms with Crippen molar-refractivity contribution in [1.82, 2.24) is 0 Å². The van der Waals surface area contributed by atoms with Crippen molar-refractivity contribution in [3.63, 3.8) is 0 Å². The van der Waals surface area contributed by atoms with Crippen LogP contribution >= 0.6 is 0 Å². The largest absolute Gasteiger partial charge is 0.378 e. The molecule has 0 spiro atoms. The Kier molecular flexibility index (Phi) is 4.44. The predicted octanol–water partition coefficient (Wildman–Crippen LogP) is 3.25. The van der Waals surface area contributed by atoms with E-state index in [2.05, 4.69) is 10.6 Å². The Morgan fingerprint density at radius 3 is 1.72 bits per heavy atom. The molecule has 2 aromatic rings. The van der Waals surface area contributed by atoms with Gasteiger partial charge in [-0.3, -0.25) is 9.59 Å². The summed E-state index contributed by atoms with van der Waals surface area (Å²) in [5.41, 5.74) is 1.10. The second kappa shape index (κ2) is 6.55. The average Bonchev–Trinajstić information content (AvgIpc) is 3.39. The van der Waals surface area contributed by atoms with Gasteiger partial charge in [-0.1, -0.05) is 0 Å². The Bertz CT molecular complexity index is 781. The molecule has 0 saturated heterocycles. The Morgan fingerprint density at radius 2 is 1.32 bits per heavy atom. The van der Waals surface area contributed by atoms with Crippen molar-refractivity contribution in [3.05, 3.63) is 54.3 Å². The molecule has 5 nitrogen and oxygen atoms in total. The Hall–Kier alpha value is -2.89. The summed E-state index contributed by atoms with van der Waals surface area (Å²) < 4.78 is 12.9. The average molecular weight is 341 g/mol. The Labute approximate surface area is 145 Å². The lowest BCUT2D eigenvalue weighted by Gasteiger charge is -2.16. The summed E-state index contributed by atoms with van der Waals surface area (Å²) in [6, 6.07) is 12.9. The lowest BCUT2D eigenvalue weighted by Crippen LogP contribution is -2.35. The number of halogens is 1. The second-order valence-electron chi connectivity index (χ2n) is 6.44. The maximum atomic E-state index is 12.9. The van der Waals surface area contributed by atoms with Crippen molar-refractivity contribution in [2.24, 2.45) is 5.41 Å². The van der Waals surface area contributed by atoms with E-state index in [4.69, 9.17) is 0 Å². The van der Waals surface area contributed by atoms with E-state index in [1.54, 1.807) is 12.1 Å². The predicted molar refractivity (Wildman–Crippen MR) is 96.1 cm³/mol. The molecule has 2 amide bonds. The third-order valence-electron chi connectivity index (χ3n) is 4.36. The number of anilines is 3. The fraction of sp³-hybridized carbons (Fsp3) is 0.263. The van der Waals surface area contributed by atoms with E-state index in [9.17, 15) is 14.0 Å². The van der Waals surface area contributed by atoms with Gasteiger partial charge >= 0.3 is 0 Å². The van der Waals surface area contributed by atoms with Crippen LogP contribution in [0.3, 0.4) is 0 Å². The standard InChI is InChI=1S/C19H20FN3O2/c1-23(2)16-9-7-15(8-10-16)22-18(25)19(11-12-19)17(24)21-14-5-3-13(20)4-6-14/h3-10H,11-12H2,1-2H3,(H,21,24)(H,22,25). The van der Waals surface area contributed by atoms with Gasteiger partial charge in [0.2, 0.25) is 11.8 Å². The van der Waals surface area contributed by atoms with Gasteiger partial charge in [0.05, 0.1) is 0 Å². The van der Waals surface area contributed by atoms with Crippen LogP contribution < -0.4 is 15.5 Å². The first-order valence-corrected chi connectivity index (χ1v) is 8.07. The van der Waals surface area contributed by atoms with Crippen molar-refractivity contribution in [1.29, 1.82) is 0 Å². The van der Waals surface area contributed by atoms with E-state index in [-0.39, 0.29) is 17.6 Å². The van der Waals surface area contributed by atoms with E-state index in [1.165, 1.54) is 24.3 Å². The van der Waals surface area contributed by atoms with Crippen LogP contribution in [0.15, 0.2) is 48.5 Å². The molecule has 3 rings (SSSR count). The van der Waals surface area contributed by atoms with E-state index < -0.39 is 5.41 Å². The number of nitrogens with one attached hydrogen (secondary N) is 2. The zero-order chi connectivity index (χ0) is 18.0. The van der Waals surface area contributed by atoms with Gasteiger partial charge in [0.15, 0.2) is 0 Å². The maximum absolute atomic E-state index is 12.9. The van der Waals surface area contributed by atoms with Gasteiger partial charge in [0, 0.05) is 31.2 Å². The van der Waals surface area contributed by atoms with E-state index >= 15 is 0 Å². The van der Waals surface area contributed by atoms with Gasteiger partial charge in [-0.2, -0.15) is 0 Å². The monoisotopic (exact) mass is 341 g/mol. The molecule has 0 radical (unpaired) electrons. The van der Waals surface area contributed by atoms with Crippen LogP contribution in [0.5, 0.6) is 0 Å². The summed E-state index contributed by atoms with van der Waals surface area (Å²) in [6.07, 6.45) is 1.00. The van der Waals surface area contributed by atoms with Crippen LogP contribution in [-0.2, 0) is 9.59 Å². The molecule has 1 aliphatic carbocycles. The quantitative estimate of drug-likeness (QED) is 0.821. The Morgan fingerprint density at radius 1 is 0.880 bits per heavy atom. The molecule has 130 valence electrons. The molecule has 1 fully saturated rings. The first-order chi connectivity index (χ1) is 11.9. The number of amides is 2. The summed E-state index contributed by atoms with van der Waals surface area (Å²) in [6.45, 7) is 0. The number of carbonyl (C=O) groups excluding carboxylic acids is 2. The summed E-state index contributed by atoms with van der Waals surface area (Å²) in [5, 5.41) is 5.50. The summed E-state index contributed by atoms with van der Waals surface area (Å²) in [7, 11) is 3.87. The van der Waals surface area contributed by atoms with Crippen LogP contribution in [0.2, 0.25) is 0 Å². The van der Waals surface area contributed by atoms with Gasteiger partial charge in [0.1, 0.15) is 11.2 Å². The zero-order valence-corrected chi connectivity index (χ0v) is 14.2. The van der Waals surface area contributed by atoms with Crippen molar-refractivity contribution < 1.29 is 14.0 Å². The van der Waals surface area contributed by atoms with E-state index in [0.717, 1.165) is 5.69 Å². The second-order valence-corrected chi connectivity index (χ2v) is 6.44. The minimum absolute atomic E-state index is 0.315. The van der Waals surface area contributed by atoms with Crippen LogP contribution in [0.1, 0.15) is 12.8 Å². The van der Waals surface area contributed by atoms with Crippen molar-refractivity contribution in [2.45, 2.75) is 12.8 Å². The highest BCUT2D eigenvalue weighted by atomic mass is 19.1. The SMILES string of the molecule is CN(C)c1ccc(NC(=O)C2(C(=O)Nc3ccc(F)cc3)CC2)cc1. The van der Waals surface area contributed by atoms with Gasteiger partial charge in [-0.15, -0.1) is 0 Å². The third kappa shape index (κ3) is 3.63. The zero-order valence-electron chi connectivity index (χ0n) is 14.2. The third-order valence-corrected chi connectivity index (χ3v) is 4.36. The van der Waals surface area contributed by atoms with Gasteiger partial charge in [-0.25, -0.2) is 4.39 Å². The van der Waals surface area contributed by atoms with Crippen molar-refractivity contribution in [3.8, 4) is 0 Å². The number of hydrogen-bond acceptors (Lipinski definition) is 3. The molecule has 1 saturated carbocycles. The highest BCUT2D eigenvalue weighted by Crippen LogP contribution is 2.47. The van der Waals surface area contributed by atoms with Gasteiger partial charge in [-0.05, 0) is 61.4 Å². The molecule has 0 aromatic heterocycles. The maximum Gasteiger partial charge on any atom is 0.240 e. The molecule has 0 heterocycles. The lowest BCUT2D eigenvalue weighted by atomic mass is 10.0. The first-order valence-electron chi connectivity index (χ1n) is 8.07. The topological polar surface area (TPSA) is 61.4 Å². The molecular weight excluding hydrogens is 321 g/mol. The fourth-order valence-electron chi connectivity index (χ4n) is 2.56. The normalized spacial score (nSPS) is 14.5. The first kappa shape index (κ1) is 17.0. The van der Waals surface area contributed by atoms with Crippen molar-refractivity contribution >= 4 is 28.9 Å². The van der Waals surface area contributed by atoms with E-state index in [0.29, 0.717) is 24.2 Å². The lowest BCUT2D eigenvalue weighted by molar-refractivity contribution is -0.131. The molecule has 0 atom stereocenters. The minimum Gasteiger partial charge on any atom is -0.378 e. The van der Waals surface area contributed by atoms with Crippen LogP contribution in [0.4, 0.5) is 21.5 Å². The van der Waals surface area contributed by atoms with E-state index in [1.807, 2.05) is 31.1 Å². The summed E-state index contributed by atoms with van der Waals surface area (Å²) in [5.74, 6) is -1.05. The van der Waals surface area contributed by atoms with Gasteiger partial charge in [0.25, 0.3) is 0 Å². The van der Waals surface area contributed by atoms with Crippen molar-refractivity contribution in [2.75, 3.05) is 29.6 Å². The number of hydrogen-bond donors (Lipinski definition) is 2.